The Bertz CT molecular complexity index is 825. The Morgan fingerprint density at radius 1 is 1.07 bits per heavy atom. The van der Waals surface area contributed by atoms with Crippen LogP contribution in [-0.4, -0.2) is 30.3 Å². The number of aliphatic carboxylic acids is 1. The van der Waals surface area contributed by atoms with Crippen molar-refractivity contribution < 1.29 is 9.90 Å². The molecule has 2 saturated carbocycles. The fraction of sp³-hybridized carbons (Fsp3) is 0.720. The summed E-state index contributed by atoms with van der Waals surface area (Å²) in [6.07, 6.45) is 16.0. The molecule has 3 N–H and O–H groups in total. The van der Waals surface area contributed by atoms with Gasteiger partial charge >= 0.3 is 5.97 Å². The zero-order valence-corrected chi connectivity index (χ0v) is 17.4. The van der Waals surface area contributed by atoms with Gasteiger partial charge in [0.05, 0.1) is 5.41 Å². The van der Waals surface area contributed by atoms with Crippen molar-refractivity contribution in [1.29, 1.82) is 0 Å². The number of fused-ring (bicyclic) bond motifs is 6. The van der Waals surface area contributed by atoms with E-state index in [-0.39, 0.29) is 0 Å². The molecule has 0 radical (unpaired) electrons. The van der Waals surface area contributed by atoms with Gasteiger partial charge in [0, 0.05) is 19.3 Å². The van der Waals surface area contributed by atoms with Gasteiger partial charge in [-0.1, -0.05) is 24.1 Å². The number of hydrogen-bond donors (Lipinski definition) is 3. The van der Waals surface area contributed by atoms with E-state index in [0.717, 1.165) is 63.6 Å². The van der Waals surface area contributed by atoms with Crippen molar-refractivity contribution in [1.82, 2.24) is 10.6 Å². The lowest BCUT2D eigenvalue weighted by atomic mass is 9.54. The molecule has 29 heavy (non-hydrogen) atoms. The molecule has 0 spiro atoms. The first kappa shape index (κ1) is 18.4. The first-order valence-corrected chi connectivity index (χ1v) is 12.0. The van der Waals surface area contributed by atoms with Crippen LogP contribution in [0.4, 0.5) is 0 Å². The van der Waals surface area contributed by atoms with Gasteiger partial charge in [0.15, 0.2) is 0 Å². The summed E-state index contributed by atoms with van der Waals surface area (Å²) in [4.78, 5) is 12.3. The maximum absolute atomic E-state index is 12.3. The minimum absolute atomic E-state index is 0.548. The SMILES string of the molecule is O=C(O)C12CCCCC1=C1C=CC3=C4CC5CNCNC5CC4CCC3C1CC2. The second-order valence-corrected chi connectivity index (χ2v) is 10.5. The summed E-state index contributed by atoms with van der Waals surface area (Å²) in [5, 5.41) is 17.4. The van der Waals surface area contributed by atoms with Crippen molar-refractivity contribution in [2.75, 3.05) is 13.2 Å². The summed E-state index contributed by atoms with van der Waals surface area (Å²) in [5.41, 5.74) is 5.60. The van der Waals surface area contributed by atoms with Crippen molar-refractivity contribution in [2.24, 2.45) is 29.1 Å². The van der Waals surface area contributed by atoms with Crippen LogP contribution in [0.25, 0.3) is 0 Å². The Hall–Kier alpha value is -1.39. The van der Waals surface area contributed by atoms with Crippen molar-refractivity contribution in [2.45, 2.75) is 70.3 Å². The van der Waals surface area contributed by atoms with Gasteiger partial charge in [0.25, 0.3) is 0 Å². The van der Waals surface area contributed by atoms with E-state index in [1.807, 2.05) is 0 Å². The lowest BCUT2D eigenvalue weighted by molar-refractivity contribution is -0.148. The molecule has 6 aliphatic rings. The predicted octanol–water partition coefficient (Wildman–Crippen LogP) is 4.16. The lowest BCUT2D eigenvalue weighted by Crippen LogP contribution is -2.54. The summed E-state index contributed by atoms with van der Waals surface area (Å²) in [7, 11) is 0. The first-order valence-electron chi connectivity index (χ1n) is 12.0. The van der Waals surface area contributed by atoms with Gasteiger partial charge in [0.2, 0.25) is 0 Å². The van der Waals surface area contributed by atoms with Crippen LogP contribution in [-0.2, 0) is 4.79 Å². The van der Waals surface area contributed by atoms with Crippen LogP contribution in [0.3, 0.4) is 0 Å². The van der Waals surface area contributed by atoms with E-state index in [1.165, 1.54) is 36.8 Å². The summed E-state index contributed by atoms with van der Waals surface area (Å²) >= 11 is 0. The number of rotatable bonds is 1. The molecule has 1 heterocycles. The molecule has 0 aromatic heterocycles. The largest absolute Gasteiger partial charge is 0.481 e. The summed E-state index contributed by atoms with van der Waals surface area (Å²) in [6, 6.07) is 0.695. The minimum atomic E-state index is -0.560. The van der Waals surface area contributed by atoms with E-state index in [9.17, 15) is 9.90 Å². The highest BCUT2D eigenvalue weighted by Gasteiger charge is 2.51. The highest BCUT2D eigenvalue weighted by molar-refractivity contribution is 5.80. The van der Waals surface area contributed by atoms with E-state index in [1.54, 1.807) is 11.1 Å². The third-order valence-electron chi connectivity index (χ3n) is 9.40. The Kier molecular flexibility index (Phi) is 4.32. The molecule has 156 valence electrons. The predicted molar refractivity (Wildman–Crippen MR) is 113 cm³/mol. The molecule has 1 saturated heterocycles. The average molecular weight is 395 g/mol. The molecular weight excluding hydrogens is 360 g/mol. The molecule has 0 bridgehead atoms. The number of hydrogen-bond acceptors (Lipinski definition) is 3. The fourth-order valence-corrected chi connectivity index (χ4v) is 7.99. The van der Waals surface area contributed by atoms with Gasteiger partial charge in [0.1, 0.15) is 0 Å². The summed E-state index contributed by atoms with van der Waals surface area (Å²) in [5.74, 6) is 2.16. The van der Waals surface area contributed by atoms with E-state index in [4.69, 9.17) is 0 Å². The van der Waals surface area contributed by atoms with Crippen molar-refractivity contribution >= 4 is 5.97 Å². The van der Waals surface area contributed by atoms with Gasteiger partial charge in [-0.25, -0.2) is 0 Å². The molecule has 6 atom stereocenters. The lowest BCUT2D eigenvalue weighted by Gasteiger charge is -2.50. The third kappa shape index (κ3) is 2.68. The Morgan fingerprint density at radius 3 is 2.83 bits per heavy atom. The second-order valence-electron chi connectivity index (χ2n) is 10.5. The monoisotopic (exact) mass is 394 g/mol. The molecular formula is C25H34N2O2. The quantitative estimate of drug-likeness (QED) is 0.625. The summed E-state index contributed by atoms with van der Waals surface area (Å²) in [6.45, 7) is 2.11. The van der Waals surface area contributed by atoms with Crippen molar-refractivity contribution in [3.05, 3.63) is 34.4 Å². The number of carboxylic acids is 1. The maximum atomic E-state index is 12.3. The van der Waals surface area contributed by atoms with Crippen molar-refractivity contribution in [3.8, 4) is 0 Å². The van der Waals surface area contributed by atoms with Crippen molar-refractivity contribution in [3.63, 3.8) is 0 Å². The standard InChI is InChI=1S/C25H34N2O2/c28-24(29)25-9-2-1-3-22(25)20-7-6-18-17(19(20)8-10-25)5-4-15-12-23-16(11-21(15)18)13-26-14-27-23/h6-7,15-17,19,23,26-27H,1-5,8-14H2,(H,28,29). The third-order valence-corrected chi connectivity index (χ3v) is 9.40. The molecule has 1 aliphatic heterocycles. The fourth-order valence-electron chi connectivity index (χ4n) is 7.99. The van der Waals surface area contributed by atoms with Gasteiger partial charge in [-0.2, -0.15) is 0 Å². The van der Waals surface area contributed by atoms with E-state index in [0.29, 0.717) is 17.9 Å². The maximum Gasteiger partial charge on any atom is 0.313 e. The summed E-state index contributed by atoms with van der Waals surface area (Å²) < 4.78 is 0. The molecule has 4 nitrogen and oxygen atoms in total. The topological polar surface area (TPSA) is 61.4 Å². The molecule has 5 aliphatic carbocycles. The molecule has 3 fully saturated rings. The zero-order chi connectivity index (χ0) is 19.6. The van der Waals surface area contributed by atoms with E-state index < -0.39 is 11.4 Å². The van der Waals surface area contributed by atoms with Crippen LogP contribution < -0.4 is 10.6 Å². The normalized spacial score (nSPS) is 43.7. The smallest absolute Gasteiger partial charge is 0.313 e. The number of allylic oxidation sites excluding steroid dienone is 5. The molecule has 0 amide bonds. The van der Waals surface area contributed by atoms with Crippen LogP contribution in [0.15, 0.2) is 34.4 Å². The van der Waals surface area contributed by atoms with Crippen LogP contribution in [0.2, 0.25) is 0 Å². The average Bonchev–Trinajstić information content (AvgIpc) is 2.76. The van der Waals surface area contributed by atoms with Gasteiger partial charge < -0.3 is 15.7 Å². The van der Waals surface area contributed by atoms with Gasteiger partial charge in [-0.15, -0.1) is 0 Å². The number of carbonyl (C=O) groups is 1. The van der Waals surface area contributed by atoms with Crippen LogP contribution in [0.5, 0.6) is 0 Å². The highest BCUT2D eigenvalue weighted by atomic mass is 16.4. The zero-order valence-electron chi connectivity index (χ0n) is 17.4. The Balaban J connectivity index is 1.40. The molecule has 0 aromatic rings. The second kappa shape index (κ2) is 6.81. The molecule has 4 heteroatoms. The number of carboxylic acid groups (broad SMARTS) is 1. The molecule has 0 aromatic carbocycles. The van der Waals surface area contributed by atoms with E-state index >= 15 is 0 Å². The van der Waals surface area contributed by atoms with Crippen LogP contribution in [0.1, 0.15) is 64.2 Å². The highest BCUT2D eigenvalue weighted by Crippen LogP contribution is 2.58. The van der Waals surface area contributed by atoms with E-state index in [2.05, 4.69) is 22.8 Å². The first-order chi connectivity index (χ1) is 14.2. The minimum Gasteiger partial charge on any atom is -0.481 e. The van der Waals surface area contributed by atoms with Gasteiger partial charge in [-0.3, -0.25) is 4.79 Å². The number of nitrogens with one attached hydrogen (secondary N) is 2. The van der Waals surface area contributed by atoms with Crippen LogP contribution >= 0.6 is 0 Å². The molecule has 6 rings (SSSR count). The Labute approximate surface area is 173 Å². The Morgan fingerprint density at radius 2 is 1.93 bits per heavy atom. The molecule has 6 unspecified atom stereocenters. The van der Waals surface area contributed by atoms with Crippen LogP contribution in [0, 0.1) is 29.1 Å². The van der Waals surface area contributed by atoms with Gasteiger partial charge in [-0.05, 0) is 98.2 Å².